The first-order valence-corrected chi connectivity index (χ1v) is 6.79. The van der Waals surface area contributed by atoms with Gasteiger partial charge in [0.15, 0.2) is 11.6 Å². The molecule has 0 amide bonds. The van der Waals surface area contributed by atoms with E-state index in [4.69, 9.17) is 5.11 Å². The molecule has 0 unspecified atom stereocenters. The first-order valence-electron chi connectivity index (χ1n) is 6.79. The molecule has 2 rings (SSSR count). The summed E-state index contributed by atoms with van der Waals surface area (Å²) in [5.74, 6) is -0.289. The standard InChI is InChI=1S/C16H18O4/c17-13-5-1-11(2-6-13)15(19)9-10-16(20)12-3-7-14(18)8-4-12/h1-2,5-6,9-10,12,14,17-18H,3-4,7-8H2. The molecule has 0 bridgehead atoms. The Kier molecular flexibility index (Phi) is 4.69. The summed E-state index contributed by atoms with van der Waals surface area (Å²) in [7, 11) is 0. The van der Waals surface area contributed by atoms with Gasteiger partial charge in [0.1, 0.15) is 5.75 Å². The summed E-state index contributed by atoms with van der Waals surface area (Å²) in [6.07, 6.45) is 4.97. The SMILES string of the molecule is O=C(C=CC(=O)C1CCC(O)CC1)c1ccc(O)cc1. The van der Waals surface area contributed by atoms with E-state index in [0.717, 1.165) is 0 Å². The minimum atomic E-state index is -0.290. The molecule has 0 radical (unpaired) electrons. The van der Waals surface area contributed by atoms with Gasteiger partial charge in [-0.05, 0) is 62.1 Å². The third-order valence-electron chi connectivity index (χ3n) is 3.65. The summed E-state index contributed by atoms with van der Waals surface area (Å²) >= 11 is 0. The minimum Gasteiger partial charge on any atom is -0.508 e. The van der Waals surface area contributed by atoms with Gasteiger partial charge in [-0.3, -0.25) is 9.59 Å². The fourth-order valence-corrected chi connectivity index (χ4v) is 2.38. The van der Waals surface area contributed by atoms with Crippen molar-refractivity contribution in [2.75, 3.05) is 0 Å². The van der Waals surface area contributed by atoms with Crippen LogP contribution in [0.25, 0.3) is 0 Å². The largest absolute Gasteiger partial charge is 0.508 e. The van der Waals surface area contributed by atoms with Crippen LogP contribution < -0.4 is 0 Å². The van der Waals surface area contributed by atoms with Crippen molar-refractivity contribution in [3.8, 4) is 5.75 Å². The highest BCUT2D eigenvalue weighted by molar-refractivity contribution is 6.08. The average molecular weight is 274 g/mol. The van der Waals surface area contributed by atoms with Crippen LogP contribution in [-0.2, 0) is 4.79 Å². The van der Waals surface area contributed by atoms with Crippen molar-refractivity contribution in [1.82, 2.24) is 0 Å². The molecular formula is C16H18O4. The number of aliphatic hydroxyl groups excluding tert-OH is 1. The second-order valence-corrected chi connectivity index (χ2v) is 5.15. The average Bonchev–Trinajstić information content (AvgIpc) is 2.46. The highest BCUT2D eigenvalue weighted by Crippen LogP contribution is 2.25. The molecule has 1 aliphatic rings. The van der Waals surface area contributed by atoms with Gasteiger partial charge in [0.05, 0.1) is 6.10 Å². The molecule has 2 N–H and O–H groups in total. The van der Waals surface area contributed by atoms with E-state index in [1.165, 1.54) is 36.4 Å². The first-order chi connectivity index (χ1) is 9.56. The van der Waals surface area contributed by atoms with Crippen LogP contribution in [0.5, 0.6) is 5.75 Å². The maximum Gasteiger partial charge on any atom is 0.185 e. The number of hydrogen-bond donors (Lipinski definition) is 2. The van der Waals surface area contributed by atoms with E-state index in [-0.39, 0.29) is 29.3 Å². The number of phenolic OH excluding ortho intramolecular Hbond substituents is 1. The zero-order chi connectivity index (χ0) is 14.5. The topological polar surface area (TPSA) is 74.6 Å². The van der Waals surface area contributed by atoms with Crippen LogP contribution in [0.1, 0.15) is 36.0 Å². The van der Waals surface area contributed by atoms with Crippen molar-refractivity contribution in [3.05, 3.63) is 42.0 Å². The number of phenols is 1. The summed E-state index contributed by atoms with van der Waals surface area (Å²) in [6, 6.07) is 5.91. The number of ketones is 2. The summed E-state index contributed by atoms with van der Waals surface area (Å²) in [5.41, 5.74) is 0.436. The maximum absolute atomic E-state index is 11.9. The number of benzene rings is 1. The Balaban J connectivity index is 1.93. The van der Waals surface area contributed by atoms with Crippen LogP contribution in [0.4, 0.5) is 0 Å². The van der Waals surface area contributed by atoms with Gasteiger partial charge < -0.3 is 10.2 Å². The number of aromatic hydroxyl groups is 1. The predicted molar refractivity (Wildman–Crippen MR) is 74.5 cm³/mol. The summed E-state index contributed by atoms with van der Waals surface area (Å²) in [5, 5.41) is 18.5. The molecule has 0 atom stereocenters. The van der Waals surface area contributed by atoms with Crippen molar-refractivity contribution in [1.29, 1.82) is 0 Å². The zero-order valence-corrected chi connectivity index (χ0v) is 11.2. The Labute approximate surface area is 117 Å². The van der Waals surface area contributed by atoms with Gasteiger partial charge in [-0.15, -0.1) is 0 Å². The van der Waals surface area contributed by atoms with E-state index in [1.807, 2.05) is 0 Å². The molecule has 106 valence electrons. The van der Waals surface area contributed by atoms with Crippen LogP contribution in [0.2, 0.25) is 0 Å². The molecule has 0 spiro atoms. The van der Waals surface area contributed by atoms with E-state index in [0.29, 0.717) is 31.2 Å². The van der Waals surface area contributed by atoms with E-state index in [1.54, 1.807) is 0 Å². The van der Waals surface area contributed by atoms with Crippen molar-refractivity contribution >= 4 is 11.6 Å². The second-order valence-electron chi connectivity index (χ2n) is 5.15. The fourth-order valence-electron chi connectivity index (χ4n) is 2.38. The van der Waals surface area contributed by atoms with Crippen molar-refractivity contribution < 1.29 is 19.8 Å². The van der Waals surface area contributed by atoms with Crippen molar-refractivity contribution in [3.63, 3.8) is 0 Å². The van der Waals surface area contributed by atoms with Crippen LogP contribution in [-0.4, -0.2) is 27.9 Å². The monoisotopic (exact) mass is 274 g/mol. The van der Waals surface area contributed by atoms with Crippen LogP contribution >= 0.6 is 0 Å². The molecule has 20 heavy (non-hydrogen) atoms. The Morgan fingerprint density at radius 2 is 1.60 bits per heavy atom. The molecule has 0 heterocycles. The van der Waals surface area contributed by atoms with Gasteiger partial charge in [-0.1, -0.05) is 0 Å². The van der Waals surface area contributed by atoms with Crippen LogP contribution in [0, 0.1) is 5.92 Å². The van der Waals surface area contributed by atoms with Crippen LogP contribution in [0.3, 0.4) is 0 Å². The van der Waals surface area contributed by atoms with E-state index in [2.05, 4.69) is 0 Å². The van der Waals surface area contributed by atoms with Gasteiger partial charge in [-0.25, -0.2) is 0 Å². The Morgan fingerprint density at radius 3 is 2.20 bits per heavy atom. The lowest BCUT2D eigenvalue weighted by Gasteiger charge is -2.23. The second kappa shape index (κ2) is 6.48. The summed E-state index contributed by atoms with van der Waals surface area (Å²) in [4.78, 5) is 23.8. The Morgan fingerprint density at radius 1 is 1.00 bits per heavy atom. The van der Waals surface area contributed by atoms with Gasteiger partial charge >= 0.3 is 0 Å². The number of allylic oxidation sites excluding steroid dienone is 2. The molecule has 4 heteroatoms. The third-order valence-corrected chi connectivity index (χ3v) is 3.65. The van der Waals surface area contributed by atoms with Gasteiger partial charge in [-0.2, -0.15) is 0 Å². The van der Waals surface area contributed by atoms with Crippen molar-refractivity contribution in [2.24, 2.45) is 5.92 Å². The zero-order valence-electron chi connectivity index (χ0n) is 11.2. The number of rotatable bonds is 4. The molecule has 1 aliphatic carbocycles. The summed E-state index contributed by atoms with van der Waals surface area (Å²) in [6.45, 7) is 0. The molecule has 4 nitrogen and oxygen atoms in total. The molecule has 0 aliphatic heterocycles. The lowest BCUT2D eigenvalue weighted by atomic mass is 9.84. The number of aliphatic hydroxyl groups is 1. The quantitative estimate of drug-likeness (QED) is 0.652. The van der Waals surface area contributed by atoms with Gasteiger partial charge in [0.2, 0.25) is 0 Å². The molecule has 1 fully saturated rings. The predicted octanol–water partition coefficient (Wildman–Crippen LogP) is 2.25. The number of hydrogen-bond acceptors (Lipinski definition) is 4. The molecule has 1 aromatic carbocycles. The highest BCUT2D eigenvalue weighted by atomic mass is 16.3. The van der Waals surface area contributed by atoms with E-state index >= 15 is 0 Å². The smallest absolute Gasteiger partial charge is 0.185 e. The molecule has 0 saturated heterocycles. The first kappa shape index (κ1) is 14.5. The molecular weight excluding hydrogens is 256 g/mol. The van der Waals surface area contributed by atoms with Gasteiger partial charge in [0, 0.05) is 11.5 Å². The molecule has 1 aromatic rings. The Hall–Kier alpha value is -1.94. The lowest BCUT2D eigenvalue weighted by molar-refractivity contribution is -0.119. The van der Waals surface area contributed by atoms with Gasteiger partial charge in [0.25, 0.3) is 0 Å². The van der Waals surface area contributed by atoms with Crippen molar-refractivity contribution in [2.45, 2.75) is 31.8 Å². The summed E-state index contributed by atoms with van der Waals surface area (Å²) < 4.78 is 0. The third kappa shape index (κ3) is 3.78. The maximum atomic E-state index is 11.9. The normalized spacial score (nSPS) is 22.9. The molecule has 1 saturated carbocycles. The highest BCUT2D eigenvalue weighted by Gasteiger charge is 2.23. The Bertz CT molecular complexity index is 508. The minimum absolute atomic E-state index is 0.0518. The lowest BCUT2D eigenvalue weighted by Crippen LogP contribution is -2.23. The number of carbonyl (C=O) groups is 2. The molecule has 0 aromatic heterocycles. The van der Waals surface area contributed by atoms with Crippen LogP contribution in [0.15, 0.2) is 36.4 Å². The number of carbonyl (C=O) groups excluding carboxylic acids is 2. The van der Waals surface area contributed by atoms with E-state index < -0.39 is 0 Å². The van der Waals surface area contributed by atoms with E-state index in [9.17, 15) is 14.7 Å². The fraction of sp³-hybridized carbons (Fsp3) is 0.375.